The fraction of sp³-hybridized carbons (Fsp3) is 0.600. The van der Waals surface area contributed by atoms with Crippen LogP contribution in [-0.2, 0) is 19.3 Å². The van der Waals surface area contributed by atoms with Crippen molar-refractivity contribution in [3.8, 4) is 0 Å². The lowest BCUT2D eigenvalue weighted by atomic mass is 9.95. The molecule has 0 spiro atoms. The minimum atomic E-state index is 1.12. The lowest BCUT2D eigenvalue weighted by molar-refractivity contribution is 0.713. The minimum Gasteiger partial charge on any atom is -0.371 e. The van der Waals surface area contributed by atoms with Gasteiger partial charge in [0.1, 0.15) is 0 Å². The van der Waals surface area contributed by atoms with E-state index in [1.54, 1.807) is 22.4 Å². The third kappa shape index (κ3) is 2.06. The molecule has 0 aliphatic carbocycles. The van der Waals surface area contributed by atoms with Crippen molar-refractivity contribution in [2.24, 2.45) is 0 Å². The van der Waals surface area contributed by atoms with Crippen molar-refractivity contribution < 1.29 is 0 Å². The highest BCUT2D eigenvalue weighted by Gasteiger charge is 2.25. The standard InChI is InChI=1S/C15H22N2/c1-16-7-2-4-12-10-13-5-3-8-17-9-6-14(11-12)15(13)17/h10-11,16H,2-9H2,1H3. The maximum absolute atomic E-state index is 3.23. The highest BCUT2D eigenvalue weighted by molar-refractivity contribution is 5.65. The van der Waals surface area contributed by atoms with Gasteiger partial charge in [0, 0.05) is 18.8 Å². The summed E-state index contributed by atoms with van der Waals surface area (Å²) in [4.78, 5) is 2.59. The maximum atomic E-state index is 3.23. The summed E-state index contributed by atoms with van der Waals surface area (Å²) in [6, 6.07) is 4.92. The molecular formula is C15H22N2. The fourth-order valence-electron chi connectivity index (χ4n) is 3.28. The van der Waals surface area contributed by atoms with Gasteiger partial charge < -0.3 is 10.2 Å². The molecule has 17 heavy (non-hydrogen) atoms. The molecule has 3 rings (SSSR count). The van der Waals surface area contributed by atoms with E-state index in [9.17, 15) is 0 Å². The lowest BCUT2D eigenvalue weighted by Crippen LogP contribution is -2.26. The molecule has 0 atom stereocenters. The van der Waals surface area contributed by atoms with Crippen LogP contribution in [0.1, 0.15) is 29.5 Å². The number of hydrogen-bond donors (Lipinski definition) is 1. The highest BCUT2D eigenvalue weighted by Crippen LogP contribution is 2.36. The van der Waals surface area contributed by atoms with E-state index in [2.05, 4.69) is 22.3 Å². The van der Waals surface area contributed by atoms with Crippen LogP contribution in [0.15, 0.2) is 12.1 Å². The van der Waals surface area contributed by atoms with Gasteiger partial charge in [-0.25, -0.2) is 0 Å². The van der Waals surface area contributed by atoms with E-state index in [-0.39, 0.29) is 0 Å². The van der Waals surface area contributed by atoms with Crippen molar-refractivity contribution in [2.75, 3.05) is 31.6 Å². The molecule has 0 fully saturated rings. The van der Waals surface area contributed by atoms with Gasteiger partial charge in [0.2, 0.25) is 0 Å². The molecule has 1 aromatic rings. The molecular weight excluding hydrogens is 208 g/mol. The van der Waals surface area contributed by atoms with Gasteiger partial charge in [-0.3, -0.25) is 0 Å². The van der Waals surface area contributed by atoms with E-state index in [1.807, 2.05) is 7.05 Å². The average Bonchev–Trinajstić information content (AvgIpc) is 2.75. The molecule has 0 aromatic heterocycles. The van der Waals surface area contributed by atoms with Crippen LogP contribution >= 0.6 is 0 Å². The first kappa shape index (κ1) is 11.1. The molecule has 1 N–H and O–H groups in total. The maximum Gasteiger partial charge on any atom is 0.0432 e. The van der Waals surface area contributed by atoms with Gasteiger partial charge in [-0.05, 0) is 62.4 Å². The molecule has 2 heterocycles. The van der Waals surface area contributed by atoms with Gasteiger partial charge in [0.25, 0.3) is 0 Å². The Morgan fingerprint density at radius 1 is 1.18 bits per heavy atom. The van der Waals surface area contributed by atoms with Gasteiger partial charge in [0.15, 0.2) is 0 Å². The zero-order chi connectivity index (χ0) is 11.7. The third-order valence-electron chi connectivity index (χ3n) is 4.06. The molecule has 0 saturated heterocycles. The second kappa shape index (κ2) is 4.69. The Morgan fingerprint density at radius 3 is 2.82 bits per heavy atom. The van der Waals surface area contributed by atoms with Gasteiger partial charge in [-0.15, -0.1) is 0 Å². The van der Waals surface area contributed by atoms with Crippen molar-refractivity contribution in [2.45, 2.75) is 32.1 Å². The number of hydrogen-bond acceptors (Lipinski definition) is 2. The van der Waals surface area contributed by atoms with Crippen LogP contribution in [0.25, 0.3) is 0 Å². The summed E-state index contributed by atoms with van der Waals surface area (Å²) in [7, 11) is 2.03. The quantitative estimate of drug-likeness (QED) is 0.797. The van der Waals surface area contributed by atoms with Gasteiger partial charge >= 0.3 is 0 Å². The Bertz CT molecular complexity index is 412. The number of benzene rings is 1. The number of nitrogens with zero attached hydrogens (tertiary/aromatic N) is 1. The Hall–Kier alpha value is -1.02. The second-order valence-corrected chi connectivity index (χ2v) is 5.31. The summed E-state index contributed by atoms with van der Waals surface area (Å²) >= 11 is 0. The number of rotatable bonds is 4. The third-order valence-corrected chi connectivity index (χ3v) is 4.06. The van der Waals surface area contributed by atoms with Crippen LogP contribution in [0.2, 0.25) is 0 Å². The predicted octanol–water partition coefficient (Wildman–Crippen LogP) is 2.15. The normalized spacial score (nSPS) is 17.4. The Labute approximate surface area is 104 Å². The first-order valence-electron chi connectivity index (χ1n) is 6.92. The Kier molecular flexibility index (Phi) is 3.06. The summed E-state index contributed by atoms with van der Waals surface area (Å²) < 4.78 is 0. The van der Waals surface area contributed by atoms with Crippen molar-refractivity contribution in [1.29, 1.82) is 0 Å². The smallest absolute Gasteiger partial charge is 0.0432 e. The highest BCUT2D eigenvalue weighted by atomic mass is 15.2. The van der Waals surface area contributed by atoms with Gasteiger partial charge in [0.05, 0.1) is 0 Å². The summed E-state index contributed by atoms with van der Waals surface area (Å²) in [6.07, 6.45) is 6.37. The molecule has 92 valence electrons. The van der Waals surface area contributed by atoms with Crippen molar-refractivity contribution in [3.63, 3.8) is 0 Å². The van der Waals surface area contributed by atoms with E-state index >= 15 is 0 Å². The van der Waals surface area contributed by atoms with Crippen molar-refractivity contribution in [3.05, 3.63) is 28.8 Å². The lowest BCUT2D eigenvalue weighted by Gasteiger charge is -2.27. The summed E-state index contributed by atoms with van der Waals surface area (Å²) in [5, 5.41) is 3.23. The minimum absolute atomic E-state index is 1.12. The largest absolute Gasteiger partial charge is 0.371 e. The van der Waals surface area contributed by atoms with Crippen molar-refractivity contribution in [1.82, 2.24) is 5.32 Å². The van der Waals surface area contributed by atoms with Crippen LogP contribution in [0.4, 0.5) is 5.69 Å². The molecule has 0 radical (unpaired) electrons. The molecule has 2 heteroatoms. The molecule has 0 unspecified atom stereocenters. The monoisotopic (exact) mass is 230 g/mol. The van der Waals surface area contributed by atoms with Crippen LogP contribution in [0.3, 0.4) is 0 Å². The first-order valence-corrected chi connectivity index (χ1v) is 6.92. The summed E-state index contributed by atoms with van der Waals surface area (Å²) in [6.45, 7) is 3.65. The van der Waals surface area contributed by atoms with Crippen LogP contribution in [-0.4, -0.2) is 26.7 Å². The Morgan fingerprint density at radius 2 is 2.00 bits per heavy atom. The van der Waals surface area contributed by atoms with Gasteiger partial charge in [-0.1, -0.05) is 12.1 Å². The number of anilines is 1. The SMILES string of the molecule is CNCCCc1cc2c3c(c1)CCN3CCC2. The predicted molar refractivity (Wildman–Crippen MR) is 72.9 cm³/mol. The molecule has 2 nitrogen and oxygen atoms in total. The van der Waals surface area contributed by atoms with Crippen LogP contribution in [0, 0.1) is 0 Å². The molecule has 2 aliphatic heterocycles. The van der Waals surface area contributed by atoms with E-state index < -0.39 is 0 Å². The molecule has 0 bridgehead atoms. The van der Waals surface area contributed by atoms with E-state index in [4.69, 9.17) is 0 Å². The molecule has 2 aliphatic rings. The molecule has 0 saturated carbocycles. The van der Waals surface area contributed by atoms with E-state index in [0.717, 1.165) is 6.54 Å². The molecule has 0 amide bonds. The topological polar surface area (TPSA) is 15.3 Å². The summed E-state index contributed by atoms with van der Waals surface area (Å²) in [5.41, 5.74) is 6.37. The van der Waals surface area contributed by atoms with E-state index in [1.165, 1.54) is 45.2 Å². The zero-order valence-electron chi connectivity index (χ0n) is 10.8. The van der Waals surface area contributed by atoms with Crippen LogP contribution < -0.4 is 10.2 Å². The summed E-state index contributed by atoms with van der Waals surface area (Å²) in [5.74, 6) is 0. The Balaban J connectivity index is 1.84. The number of aryl methyl sites for hydroxylation is 2. The molecule has 1 aromatic carbocycles. The van der Waals surface area contributed by atoms with E-state index in [0.29, 0.717) is 0 Å². The fourth-order valence-corrected chi connectivity index (χ4v) is 3.28. The first-order chi connectivity index (χ1) is 8.38. The second-order valence-electron chi connectivity index (χ2n) is 5.31. The van der Waals surface area contributed by atoms with Gasteiger partial charge in [-0.2, -0.15) is 0 Å². The number of nitrogens with one attached hydrogen (secondary N) is 1. The zero-order valence-corrected chi connectivity index (χ0v) is 10.8. The van der Waals surface area contributed by atoms with Crippen molar-refractivity contribution >= 4 is 5.69 Å². The van der Waals surface area contributed by atoms with Crippen LogP contribution in [0.5, 0.6) is 0 Å². The average molecular weight is 230 g/mol.